The van der Waals surface area contributed by atoms with E-state index < -0.39 is 0 Å². The summed E-state index contributed by atoms with van der Waals surface area (Å²) in [5.74, 6) is 0.139. The quantitative estimate of drug-likeness (QED) is 0.800. The van der Waals surface area contributed by atoms with Crippen LogP contribution in [-0.4, -0.2) is 48.4 Å². The maximum atomic E-state index is 12.2. The number of piperidine rings is 1. The molecule has 2 fully saturated rings. The first-order valence-electron chi connectivity index (χ1n) is 7.03. The second-order valence-corrected chi connectivity index (χ2v) is 5.17. The van der Waals surface area contributed by atoms with Crippen molar-refractivity contribution in [2.75, 3.05) is 19.6 Å². The summed E-state index contributed by atoms with van der Waals surface area (Å²) in [4.78, 5) is 25.7. The first-order valence-corrected chi connectivity index (χ1v) is 7.03. The Morgan fingerprint density at radius 2 is 2.32 bits per heavy atom. The lowest BCUT2D eigenvalue weighted by atomic mass is 10.1. The van der Waals surface area contributed by atoms with Crippen LogP contribution in [0.2, 0.25) is 0 Å². The lowest BCUT2D eigenvalue weighted by Gasteiger charge is -2.30. The molecule has 19 heavy (non-hydrogen) atoms. The Balaban J connectivity index is 0.00000180. The van der Waals surface area contributed by atoms with Gasteiger partial charge >= 0.3 is 0 Å². The fraction of sp³-hybridized carbons (Fsp3) is 0.846. The van der Waals surface area contributed by atoms with Crippen molar-refractivity contribution >= 4 is 24.2 Å². The molecule has 2 N–H and O–H groups in total. The zero-order chi connectivity index (χ0) is 13.0. The molecule has 6 heteroatoms. The summed E-state index contributed by atoms with van der Waals surface area (Å²) in [5.41, 5.74) is 0. The number of halogens is 1. The Morgan fingerprint density at radius 3 is 2.84 bits per heavy atom. The van der Waals surface area contributed by atoms with Gasteiger partial charge in [-0.05, 0) is 32.2 Å². The average molecular weight is 290 g/mol. The maximum absolute atomic E-state index is 12.2. The van der Waals surface area contributed by atoms with Crippen LogP contribution in [0.3, 0.4) is 0 Å². The summed E-state index contributed by atoms with van der Waals surface area (Å²) < 4.78 is 0. The van der Waals surface area contributed by atoms with Crippen LogP contribution >= 0.6 is 12.4 Å². The van der Waals surface area contributed by atoms with Crippen LogP contribution in [0, 0.1) is 0 Å². The fourth-order valence-electron chi connectivity index (χ4n) is 2.82. The van der Waals surface area contributed by atoms with Crippen molar-refractivity contribution in [3.05, 3.63) is 0 Å². The molecule has 2 saturated heterocycles. The van der Waals surface area contributed by atoms with Crippen molar-refractivity contribution in [3.63, 3.8) is 0 Å². The van der Waals surface area contributed by atoms with Gasteiger partial charge < -0.3 is 15.5 Å². The van der Waals surface area contributed by atoms with Gasteiger partial charge in [0, 0.05) is 25.6 Å². The Kier molecular flexibility index (Phi) is 6.58. The lowest BCUT2D eigenvalue weighted by Crippen LogP contribution is -2.53. The van der Waals surface area contributed by atoms with Gasteiger partial charge in [-0.3, -0.25) is 9.59 Å². The molecule has 2 heterocycles. The maximum Gasteiger partial charge on any atom is 0.243 e. The average Bonchev–Trinajstić information content (AvgIpc) is 2.78. The summed E-state index contributed by atoms with van der Waals surface area (Å²) in [6.07, 6.45) is 4.30. The largest absolute Gasteiger partial charge is 0.350 e. The second kappa shape index (κ2) is 7.70. The number of likely N-dealkylation sites (tertiary alicyclic amines) is 1. The van der Waals surface area contributed by atoms with Gasteiger partial charge in [-0.2, -0.15) is 0 Å². The van der Waals surface area contributed by atoms with Gasteiger partial charge in [0.05, 0.1) is 0 Å². The molecule has 0 aromatic heterocycles. The van der Waals surface area contributed by atoms with Crippen molar-refractivity contribution in [2.24, 2.45) is 0 Å². The number of carbonyl (C=O) groups excluding carboxylic acids is 2. The summed E-state index contributed by atoms with van der Waals surface area (Å²) >= 11 is 0. The van der Waals surface area contributed by atoms with Crippen molar-refractivity contribution in [2.45, 2.75) is 51.1 Å². The van der Waals surface area contributed by atoms with Crippen LogP contribution in [0.15, 0.2) is 0 Å². The van der Waals surface area contributed by atoms with E-state index in [9.17, 15) is 9.59 Å². The van der Waals surface area contributed by atoms with E-state index in [1.807, 2.05) is 6.92 Å². The molecule has 2 unspecified atom stereocenters. The van der Waals surface area contributed by atoms with Gasteiger partial charge in [0.15, 0.2) is 0 Å². The number of hydrogen-bond acceptors (Lipinski definition) is 3. The molecular weight excluding hydrogens is 266 g/mol. The third kappa shape index (κ3) is 4.08. The molecule has 110 valence electrons. The topological polar surface area (TPSA) is 61.4 Å². The number of carbonyl (C=O) groups is 2. The minimum absolute atomic E-state index is 0. The molecule has 0 spiro atoms. The minimum atomic E-state index is -0.276. The van der Waals surface area contributed by atoms with Crippen LogP contribution in [0.5, 0.6) is 0 Å². The smallest absolute Gasteiger partial charge is 0.243 e. The molecule has 2 aliphatic heterocycles. The van der Waals surface area contributed by atoms with E-state index in [0.717, 1.165) is 38.9 Å². The van der Waals surface area contributed by atoms with Crippen LogP contribution in [0.4, 0.5) is 0 Å². The Hall–Kier alpha value is -0.810. The van der Waals surface area contributed by atoms with Crippen LogP contribution in [-0.2, 0) is 9.59 Å². The van der Waals surface area contributed by atoms with E-state index in [0.29, 0.717) is 12.8 Å². The summed E-state index contributed by atoms with van der Waals surface area (Å²) in [5, 5.41) is 6.35. The Bertz CT molecular complexity index is 319. The first kappa shape index (κ1) is 16.2. The molecule has 0 radical (unpaired) electrons. The Morgan fingerprint density at radius 1 is 1.53 bits per heavy atom. The number of nitrogens with one attached hydrogen (secondary N) is 2. The van der Waals surface area contributed by atoms with Gasteiger partial charge in [-0.1, -0.05) is 6.92 Å². The highest BCUT2D eigenvalue weighted by Crippen LogP contribution is 2.16. The number of amides is 2. The lowest BCUT2D eigenvalue weighted by molar-refractivity contribution is -0.138. The molecule has 0 aliphatic carbocycles. The highest BCUT2D eigenvalue weighted by molar-refractivity contribution is 5.88. The standard InChI is InChI=1S/C13H23N3O2.ClH/c1-2-11(16-8-4-6-12(16)17)13(18)15-10-5-3-7-14-9-10;/h10-11,14H,2-9H2,1H3,(H,15,18);1H. The minimum Gasteiger partial charge on any atom is -0.350 e. The number of rotatable bonds is 4. The van der Waals surface area contributed by atoms with E-state index in [2.05, 4.69) is 10.6 Å². The van der Waals surface area contributed by atoms with Gasteiger partial charge in [-0.15, -0.1) is 12.4 Å². The zero-order valence-electron chi connectivity index (χ0n) is 11.5. The van der Waals surface area contributed by atoms with Crippen molar-refractivity contribution in [1.82, 2.24) is 15.5 Å². The Labute approximate surface area is 120 Å². The van der Waals surface area contributed by atoms with Crippen molar-refractivity contribution in [1.29, 1.82) is 0 Å². The van der Waals surface area contributed by atoms with E-state index in [1.165, 1.54) is 0 Å². The summed E-state index contributed by atoms with van der Waals surface area (Å²) in [7, 11) is 0. The van der Waals surface area contributed by atoms with Crippen molar-refractivity contribution in [3.8, 4) is 0 Å². The number of hydrogen-bond donors (Lipinski definition) is 2. The van der Waals surface area contributed by atoms with E-state index in [1.54, 1.807) is 4.90 Å². The summed E-state index contributed by atoms with van der Waals surface area (Å²) in [6.45, 7) is 4.58. The monoisotopic (exact) mass is 289 g/mol. The van der Waals surface area contributed by atoms with E-state index >= 15 is 0 Å². The predicted octanol–water partition coefficient (Wildman–Crippen LogP) is 0.677. The SMILES string of the molecule is CCC(C(=O)NC1CCCNC1)N1CCCC1=O.Cl. The van der Waals surface area contributed by atoms with E-state index in [-0.39, 0.29) is 36.3 Å². The van der Waals surface area contributed by atoms with Gasteiger partial charge in [0.25, 0.3) is 0 Å². The second-order valence-electron chi connectivity index (χ2n) is 5.17. The van der Waals surface area contributed by atoms with Crippen LogP contribution < -0.4 is 10.6 Å². The fourth-order valence-corrected chi connectivity index (χ4v) is 2.82. The predicted molar refractivity (Wildman–Crippen MR) is 76.3 cm³/mol. The molecule has 0 saturated carbocycles. The first-order chi connectivity index (χ1) is 8.72. The molecule has 2 aliphatic rings. The number of nitrogens with zero attached hydrogens (tertiary/aromatic N) is 1. The van der Waals surface area contributed by atoms with Crippen molar-refractivity contribution < 1.29 is 9.59 Å². The van der Waals surface area contributed by atoms with Gasteiger partial charge in [0.1, 0.15) is 6.04 Å². The summed E-state index contributed by atoms with van der Waals surface area (Å²) in [6, 6.07) is -0.0556. The highest BCUT2D eigenvalue weighted by atomic mass is 35.5. The molecule has 2 amide bonds. The normalized spacial score (nSPS) is 24.8. The molecule has 0 bridgehead atoms. The van der Waals surface area contributed by atoms with Crippen LogP contribution in [0.25, 0.3) is 0 Å². The molecule has 0 aromatic rings. The van der Waals surface area contributed by atoms with Gasteiger partial charge in [0.2, 0.25) is 11.8 Å². The molecule has 2 atom stereocenters. The third-order valence-electron chi connectivity index (χ3n) is 3.82. The molecule has 5 nitrogen and oxygen atoms in total. The van der Waals surface area contributed by atoms with Crippen LogP contribution in [0.1, 0.15) is 39.0 Å². The molecule has 0 aromatic carbocycles. The highest BCUT2D eigenvalue weighted by Gasteiger charge is 2.32. The van der Waals surface area contributed by atoms with E-state index in [4.69, 9.17) is 0 Å². The molecular formula is C13H24ClN3O2. The zero-order valence-corrected chi connectivity index (χ0v) is 12.3. The van der Waals surface area contributed by atoms with Gasteiger partial charge in [-0.25, -0.2) is 0 Å². The molecule has 2 rings (SSSR count). The third-order valence-corrected chi connectivity index (χ3v) is 3.82.